The number of halogens is 6. The lowest BCUT2D eigenvalue weighted by Crippen LogP contribution is -2.47. The lowest BCUT2D eigenvalue weighted by molar-refractivity contribution is -0.195. The van der Waals surface area contributed by atoms with Gasteiger partial charge in [-0.15, -0.1) is 0 Å². The maximum absolute atomic E-state index is 15.1. The molecule has 1 unspecified atom stereocenters. The molecular formula is C42H37ClF5N7O3. The number of benzene rings is 3. The van der Waals surface area contributed by atoms with E-state index in [0.717, 1.165) is 21.5 Å². The third kappa shape index (κ3) is 7.98. The third-order valence-corrected chi connectivity index (χ3v) is 10.5. The molecule has 1 aliphatic heterocycles. The van der Waals surface area contributed by atoms with Gasteiger partial charge in [-0.2, -0.15) is 18.3 Å². The smallest absolute Gasteiger partial charge is 0.395 e. The third-order valence-electron chi connectivity index (χ3n) is 10.2. The topological polar surface area (TPSA) is 129 Å². The van der Waals surface area contributed by atoms with Gasteiger partial charge in [-0.3, -0.25) is 14.5 Å². The van der Waals surface area contributed by atoms with E-state index in [1.165, 1.54) is 18.2 Å². The average Bonchev–Trinajstić information content (AvgIpc) is 3.72. The van der Waals surface area contributed by atoms with Crippen molar-refractivity contribution in [1.29, 1.82) is 0 Å². The fourth-order valence-corrected chi connectivity index (χ4v) is 7.40. The highest BCUT2D eigenvalue weighted by Crippen LogP contribution is 2.60. The van der Waals surface area contributed by atoms with Gasteiger partial charge in [-0.1, -0.05) is 68.6 Å². The van der Waals surface area contributed by atoms with Crippen molar-refractivity contribution < 1.29 is 36.3 Å². The Bertz CT molecular complexity index is 2490. The van der Waals surface area contributed by atoms with E-state index in [-0.39, 0.29) is 41.5 Å². The summed E-state index contributed by atoms with van der Waals surface area (Å²) < 4.78 is 75.5. The number of fused-ring (bicyclic) bond motifs is 1. The Kier molecular flexibility index (Phi) is 10.5. The second-order valence-electron chi connectivity index (χ2n) is 15.7. The summed E-state index contributed by atoms with van der Waals surface area (Å²) in [6, 6.07) is 21.2. The molecule has 10 nitrogen and oxygen atoms in total. The van der Waals surface area contributed by atoms with Crippen LogP contribution in [0.3, 0.4) is 0 Å². The average molecular weight is 818 g/mol. The molecule has 16 heteroatoms. The standard InChI is InChI=1S/C42H37ClF5N7O3/c1-39(2,3)23-41(28-12-16-31-26(19-28)10-14-29(52-31)13-9-25-7-5-4-6-8-25)37(57)54(38(49)53-41)33(22-58-34(56)21-40(17-18-40)42(46,47)48)27-11-15-30(43)32(20-27)55-36(35(44)45)50-24-51-55/h4-8,10-12,14-16,19-20,24,33,35H,17-18,21-23H2,1-3H3,(H2,49,53)/t33?,41-/m1/s1. The fraction of sp³-hybridized carbons (Fsp3) is 0.333. The van der Waals surface area contributed by atoms with Crippen LogP contribution in [0, 0.1) is 22.7 Å². The van der Waals surface area contributed by atoms with E-state index in [9.17, 15) is 26.7 Å². The monoisotopic (exact) mass is 817 g/mol. The van der Waals surface area contributed by atoms with E-state index < -0.39 is 65.7 Å². The van der Waals surface area contributed by atoms with Gasteiger partial charge in [0, 0.05) is 10.9 Å². The molecule has 5 aromatic rings. The zero-order valence-corrected chi connectivity index (χ0v) is 32.3. The number of carbonyl (C=O) groups is 2. The van der Waals surface area contributed by atoms with E-state index in [2.05, 4.69) is 21.9 Å². The van der Waals surface area contributed by atoms with Crippen molar-refractivity contribution in [1.82, 2.24) is 24.6 Å². The first-order valence-electron chi connectivity index (χ1n) is 18.3. The van der Waals surface area contributed by atoms with Crippen LogP contribution in [-0.2, 0) is 19.9 Å². The molecule has 3 heterocycles. The lowest BCUT2D eigenvalue weighted by atomic mass is 9.75. The Morgan fingerprint density at radius 3 is 2.41 bits per heavy atom. The van der Waals surface area contributed by atoms with Gasteiger partial charge in [0.15, 0.2) is 17.3 Å². The molecule has 0 spiro atoms. The molecule has 2 aliphatic rings. The van der Waals surface area contributed by atoms with E-state index >= 15 is 4.79 Å². The normalized spacial score (nSPS) is 18.2. The Balaban J connectivity index is 1.28. The number of hydrogen-bond acceptors (Lipinski definition) is 8. The van der Waals surface area contributed by atoms with Crippen LogP contribution in [0.25, 0.3) is 16.6 Å². The van der Waals surface area contributed by atoms with Crippen LogP contribution in [0.1, 0.15) is 87.1 Å². The van der Waals surface area contributed by atoms with Crippen molar-refractivity contribution >= 4 is 40.3 Å². The SMILES string of the molecule is CC(C)(C)C[C@]1(c2ccc3nc(C#Cc4ccccc4)ccc3c2)N=C(N)N(C(COC(=O)CC2(C(F)(F)F)CC2)c2ccc(Cl)c(-n3ncnc3C(F)F)c2)C1=O. The summed E-state index contributed by atoms with van der Waals surface area (Å²) in [6.45, 7) is 5.12. The van der Waals surface area contributed by atoms with E-state index in [4.69, 9.17) is 32.0 Å². The molecule has 300 valence electrons. The van der Waals surface area contributed by atoms with Gasteiger partial charge >= 0.3 is 12.1 Å². The molecule has 1 saturated carbocycles. The summed E-state index contributed by atoms with van der Waals surface area (Å²) in [6.07, 6.45) is -7.93. The largest absolute Gasteiger partial charge is 0.463 e. The van der Waals surface area contributed by atoms with E-state index in [1.807, 2.05) is 57.2 Å². The first kappa shape index (κ1) is 40.3. The first-order chi connectivity index (χ1) is 27.4. The summed E-state index contributed by atoms with van der Waals surface area (Å²) in [5.74, 6) is 3.43. The molecule has 0 saturated heterocycles. The molecular weight excluding hydrogens is 781 g/mol. The molecule has 1 aliphatic carbocycles. The van der Waals surface area contributed by atoms with Gasteiger partial charge in [-0.25, -0.2) is 28.4 Å². The van der Waals surface area contributed by atoms with Crippen LogP contribution in [0.2, 0.25) is 5.02 Å². The first-order valence-corrected chi connectivity index (χ1v) is 18.7. The number of ether oxygens (including phenoxy) is 1. The van der Waals surface area contributed by atoms with Crippen molar-refractivity contribution in [3.8, 4) is 17.5 Å². The van der Waals surface area contributed by atoms with Crippen molar-refractivity contribution in [3.05, 3.63) is 118 Å². The number of aliphatic imine (C=N–C) groups is 1. The Morgan fingerprint density at radius 2 is 1.74 bits per heavy atom. The van der Waals surface area contributed by atoms with Crippen molar-refractivity contribution in [2.75, 3.05) is 6.61 Å². The molecule has 58 heavy (non-hydrogen) atoms. The van der Waals surface area contributed by atoms with Crippen LogP contribution < -0.4 is 5.73 Å². The van der Waals surface area contributed by atoms with Crippen LogP contribution in [-0.4, -0.2) is 55.3 Å². The number of carbonyl (C=O) groups excluding carboxylic acids is 2. The van der Waals surface area contributed by atoms with Crippen LogP contribution in [0.4, 0.5) is 22.0 Å². The van der Waals surface area contributed by atoms with Gasteiger partial charge < -0.3 is 10.5 Å². The number of guanidine groups is 1. The van der Waals surface area contributed by atoms with Crippen LogP contribution in [0.5, 0.6) is 0 Å². The summed E-state index contributed by atoms with van der Waals surface area (Å²) in [5, 5.41) is 4.58. The minimum absolute atomic E-state index is 0.0109. The molecule has 1 amide bonds. The number of aromatic nitrogens is 4. The number of amides is 1. The molecule has 1 fully saturated rings. The Hall–Kier alpha value is -5.88. The minimum atomic E-state index is -4.61. The van der Waals surface area contributed by atoms with Crippen molar-refractivity contribution in [2.45, 2.75) is 70.6 Å². The molecule has 2 atom stereocenters. The van der Waals surface area contributed by atoms with Gasteiger partial charge in [0.2, 0.25) is 0 Å². The summed E-state index contributed by atoms with van der Waals surface area (Å²) in [5.41, 5.74) is 4.90. The number of rotatable bonds is 10. The number of esters is 1. The molecule has 0 radical (unpaired) electrons. The second-order valence-corrected chi connectivity index (χ2v) is 16.1. The van der Waals surface area contributed by atoms with Crippen LogP contribution in [0.15, 0.2) is 90.2 Å². The highest BCUT2D eigenvalue weighted by Gasteiger charge is 2.64. The predicted octanol–water partition coefficient (Wildman–Crippen LogP) is 8.61. The van der Waals surface area contributed by atoms with Crippen molar-refractivity contribution in [3.63, 3.8) is 0 Å². The zero-order chi connectivity index (χ0) is 41.6. The lowest BCUT2D eigenvalue weighted by Gasteiger charge is -2.35. The van der Waals surface area contributed by atoms with Gasteiger partial charge in [-0.05, 0) is 90.3 Å². The number of hydrogen-bond donors (Lipinski definition) is 1. The number of nitrogens with zero attached hydrogens (tertiary/aromatic N) is 6. The molecule has 2 aromatic heterocycles. The molecule has 2 N–H and O–H groups in total. The molecule has 7 rings (SSSR count). The highest BCUT2D eigenvalue weighted by atomic mass is 35.5. The van der Waals surface area contributed by atoms with Gasteiger partial charge in [0.1, 0.15) is 18.6 Å². The van der Waals surface area contributed by atoms with E-state index in [1.54, 1.807) is 24.3 Å². The Morgan fingerprint density at radius 1 is 1.00 bits per heavy atom. The number of alkyl halides is 5. The second kappa shape index (κ2) is 15.1. The maximum atomic E-state index is 15.1. The Labute approximate surface area is 335 Å². The van der Waals surface area contributed by atoms with Gasteiger partial charge in [0.05, 0.1) is 34.1 Å². The quantitative estimate of drug-likeness (QED) is 0.0850. The predicted molar refractivity (Wildman–Crippen MR) is 206 cm³/mol. The number of nitrogens with two attached hydrogens (primary N) is 1. The molecule has 0 bridgehead atoms. The van der Waals surface area contributed by atoms with Crippen molar-refractivity contribution in [2.24, 2.45) is 21.6 Å². The van der Waals surface area contributed by atoms with Crippen LogP contribution >= 0.6 is 11.6 Å². The zero-order valence-electron chi connectivity index (χ0n) is 31.5. The highest BCUT2D eigenvalue weighted by molar-refractivity contribution is 6.32. The summed E-state index contributed by atoms with van der Waals surface area (Å²) in [7, 11) is 0. The van der Waals surface area contributed by atoms with E-state index in [0.29, 0.717) is 22.2 Å². The minimum Gasteiger partial charge on any atom is -0.463 e. The van der Waals surface area contributed by atoms with Gasteiger partial charge in [0.25, 0.3) is 12.3 Å². The maximum Gasteiger partial charge on any atom is 0.395 e. The fourth-order valence-electron chi connectivity index (χ4n) is 7.20. The molecule has 3 aromatic carbocycles. The summed E-state index contributed by atoms with van der Waals surface area (Å²) in [4.78, 5) is 42.5. The summed E-state index contributed by atoms with van der Waals surface area (Å²) >= 11 is 6.47. The number of pyridine rings is 1.